The van der Waals surface area contributed by atoms with Gasteiger partial charge in [-0.05, 0) is 38.2 Å². The van der Waals surface area contributed by atoms with Crippen LogP contribution in [0.4, 0.5) is 0 Å². The highest BCUT2D eigenvalue weighted by molar-refractivity contribution is 5.95. The average molecular weight is 247 g/mol. The zero-order valence-corrected chi connectivity index (χ0v) is 10.7. The van der Waals surface area contributed by atoms with Gasteiger partial charge in [-0.2, -0.15) is 0 Å². The van der Waals surface area contributed by atoms with E-state index >= 15 is 0 Å². The van der Waals surface area contributed by atoms with Crippen LogP contribution in [-0.2, 0) is 4.79 Å². The molecule has 0 spiro atoms. The van der Waals surface area contributed by atoms with E-state index in [1.165, 1.54) is 6.92 Å². The third-order valence-corrected chi connectivity index (χ3v) is 2.85. The molecule has 2 rings (SSSR count). The molecule has 0 saturated heterocycles. The summed E-state index contributed by atoms with van der Waals surface area (Å²) in [6.45, 7) is 3.42. The van der Waals surface area contributed by atoms with Gasteiger partial charge in [0.2, 0.25) is 5.91 Å². The molecule has 0 bridgehead atoms. The molecule has 0 N–H and O–H groups in total. The highest BCUT2D eigenvalue weighted by Gasteiger charge is 2.20. The summed E-state index contributed by atoms with van der Waals surface area (Å²) in [6, 6.07) is 0.428. The molecule has 0 atom stereocenters. The molecule has 1 heterocycles. The van der Waals surface area contributed by atoms with Crippen LogP contribution in [0.5, 0.6) is 6.01 Å². The van der Waals surface area contributed by atoms with Crippen LogP contribution in [0.25, 0.3) is 0 Å². The number of aliphatic imine (C=N–C) groups is 1. The van der Waals surface area contributed by atoms with E-state index in [2.05, 4.69) is 15.0 Å². The number of ether oxygens (including phenoxy) is 1. The predicted molar refractivity (Wildman–Crippen MR) is 67.8 cm³/mol. The summed E-state index contributed by atoms with van der Waals surface area (Å²) < 4.78 is 5.70. The first-order valence-electron chi connectivity index (χ1n) is 6.16. The minimum absolute atomic E-state index is 0.119. The first kappa shape index (κ1) is 12.7. The van der Waals surface area contributed by atoms with Crippen molar-refractivity contribution in [1.29, 1.82) is 0 Å². The van der Waals surface area contributed by atoms with Gasteiger partial charge in [0.05, 0.1) is 0 Å². The summed E-state index contributed by atoms with van der Waals surface area (Å²) in [4.78, 5) is 23.1. The highest BCUT2D eigenvalue weighted by atomic mass is 16.5. The van der Waals surface area contributed by atoms with Gasteiger partial charge in [-0.25, -0.2) is 15.0 Å². The molecule has 18 heavy (non-hydrogen) atoms. The van der Waals surface area contributed by atoms with E-state index in [1.54, 1.807) is 12.4 Å². The zero-order valence-electron chi connectivity index (χ0n) is 10.7. The Balaban J connectivity index is 1.87. The molecule has 0 aromatic carbocycles. The quantitative estimate of drug-likeness (QED) is 0.802. The number of carbonyl (C=O) groups excluding carboxylic acids is 1. The van der Waals surface area contributed by atoms with Gasteiger partial charge in [-0.3, -0.25) is 4.79 Å². The Morgan fingerprint density at radius 1 is 1.33 bits per heavy atom. The van der Waals surface area contributed by atoms with Gasteiger partial charge in [0.15, 0.2) is 0 Å². The number of nitrogens with zero attached hydrogens (tertiary/aromatic N) is 3. The van der Waals surface area contributed by atoms with E-state index in [0.29, 0.717) is 6.01 Å². The van der Waals surface area contributed by atoms with E-state index in [0.717, 1.165) is 37.0 Å². The van der Waals surface area contributed by atoms with E-state index < -0.39 is 0 Å². The zero-order chi connectivity index (χ0) is 13.0. The van der Waals surface area contributed by atoms with Gasteiger partial charge >= 0.3 is 6.01 Å². The van der Waals surface area contributed by atoms with Crippen LogP contribution in [-0.4, -0.2) is 27.7 Å². The van der Waals surface area contributed by atoms with Crippen LogP contribution < -0.4 is 4.74 Å². The number of amides is 1. The maximum Gasteiger partial charge on any atom is 0.316 e. The second-order valence-electron chi connectivity index (χ2n) is 4.56. The van der Waals surface area contributed by atoms with Crippen molar-refractivity contribution in [2.45, 2.75) is 45.6 Å². The lowest BCUT2D eigenvalue weighted by molar-refractivity contribution is -0.115. The number of aryl methyl sites for hydroxylation is 1. The van der Waals surface area contributed by atoms with Crippen molar-refractivity contribution in [2.24, 2.45) is 4.99 Å². The average Bonchev–Trinajstić information content (AvgIpc) is 2.34. The largest absolute Gasteiger partial charge is 0.460 e. The molecule has 1 aliphatic carbocycles. The second kappa shape index (κ2) is 5.71. The van der Waals surface area contributed by atoms with Crippen molar-refractivity contribution in [3.05, 3.63) is 18.0 Å². The fourth-order valence-electron chi connectivity index (χ4n) is 1.97. The van der Waals surface area contributed by atoms with Gasteiger partial charge in [0.25, 0.3) is 0 Å². The third kappa shape index (κ3) is 3.61. The summed E-state index contributed by atoms with van der Waals surface area (Å²) in [5.74, 6) is -0.119. The predicted octanol–water partition coefficient (Wildman–Crippen LogP) is 2.09. The Labute approximate surface area is 106 Å². The lowest BCUT2D eigenvalue weighted by Gasteiger charge is -2.22. The molecule has 0 unspecified atom stereocenters. The van der Waals surface area contributed by atoms with Crippen LogP contribution in [0.3, 0.4) is 0 Å². The number of rotatable bonds is 2. The van der Waals surface area contributed by atoms with Crippen molar-refractivity contribution in [3.63, 3.8) is 0 Å². The van der Waals surface area contributed by atoms with Gasteiger partial charge in [0.1, 0.15) is 6.10 Å². The fourth-order valence-corrected chi connectivity index (χ4v) is 1.97. The Kier molecular flexibility index (Phi) is 4.02. The lowest BCUT2D eigenvalue weighted by atomic mass is 9.95. The summed E-state index contributed by atoms with van der Waals surface area (Å²) in [5.41, 5.74) is 1.99. The minimum Gasteiger partial charge on any atom is -0.460 e. The van der Waals surface area contributed by atoms with Gasteiger partial charge in [0, 0.05) is 25.0 Å². The smallest absolute Gasteiger partial charge is 0.316 e. The van der Waals surface area contributed by atoms with E-state index in [-0.39, 0.29) is 12.0 Å². The Morgan fingerprint density at radius 2 is 1.94 bits per heavy atom. The molecule has 1 aromatic rings. The number of aromatic nitrogens is 2. The minimum atomic E-state index is -0.119. The standard InChI is InChI=1S/C13H17N3O2/c1-9-7-14-13(15-8-9)18-12-5-3-11(4-6-12)16-10(2)17/h7-8,12H,3-6H2,1-2H3. The Morgan fingerprint density at radius 3 is 2.50 bits per heavy atom. The van der Waals surface area contributed by atoms with E-state index in [9.17, 15) is 4.79 Å². The normalized spacial score (nSPS) is 19.4. The molecular formula is C13H17N3O2. The van der Waals surface area contributed by atoms with Crippen molar-refractivity contribution in [3.8, 4) is 6.01 Å². The topological polar surface area (TPSA) is 64.4 Å². The van der Waals surface area contributed by atoms with Crippen LogP contribution >= 0.6 is 0 Å². The summed E-state index contributed by atoms with van der Waals surface area (Å²) in [5, 5.41) is 0. The van der Waals surface area contributed by atoms with Gasteiger partial charge in [-0.1, -0.05) is 0 Å². The molecule has 1 saturated carbocycles. The van der Waals surface area contributed by atoms with Crippen molar-refractivity contribution < 1.29 is 9.53 Å². The summed E-state index contributed by atoms with van der Waals surface area (Å²) >= 11 is 0. The monoisotopic (exact) mass is 247 g/mol. The summed E-state index contributed by atoms with van der Waals surface area (Å²) in [7, 11) is 0. The van der Waals surface area contributed by atoms with Crippen molar-refractivity contribution >= 4 is 11.6 Å². The highest BCUT2D eigenvalue weighted by Crippen LogP contribution is 2.20. The molecule has 5 nitrogen and oxygen atoms in total. The number of hydrogen-bond donors (Lipinski definition) is 0. The third-order valence-electron chi connectivity index (χ3n) is 2.85. The summed E-state index contributed by atoms with van der Waals surface area (Å²) in [6.07, 6.45) is 6.97. The van der Waals surface area contributed by atoms with Crippen molar-refractivity contribution in [1.82, 2.24) is 9.97 Å². The molecule has 0 radical (unpaired) electrons. The maximum absolute atomic E-state index is 10.9. The first-order valence-corrected chi connectivity index (χ1v) is 6.16. The Bertz CT molecular complexity index is 444. The molecule has 1 aromatic heterocycles. The van der Waals surface area contributed by atoms with Crippen LogP contribution in [0.1, 0.15) is 38.2 Å². The molecule has 5 heteroatoms. The van der Waals surface area contributed by atoms with Crippen LogP contribution in [0, 0.1) is 6.92 Å². The molecule has 1 aliphatic rings. The molecule has 1 fully saturated rings. The molecule has 0 aliphatic heterocycles. The number of carbonyl (C=O) groups is 1. The van der Waals surface area contributed by atoms with E-state index in [1.807, 2.05) is 6.92 Å². The first-order chi connectivity index (χ1) is 8.63. The maximum atomic E-state index is 10.9. The van der Waals surface area contributed by atoms with Crippen molar-refractivity contribution in [2.75, 3.05) is 0 Å². The lowest BCUT2D eigenvalue weighted by Crippen LogP contribution is -2.25. The van der Waals surface area contributed by atoms with E-state index in [4.69, 9.17) is 4.74 Å². The molecule has 96 valence electrons. The number of hydrogen-bond acceptors (Lipinski definition) is 4. The fraction of sp³-hybridized carbons (Fsp3) is 0.538. The van der Waals surface area contributed by atoms with Crippen LogP contribution in [0.2, 0.25) is 0 Å². The second-order valence-corrected chi connectivity index (χ2v) is 4.56. The SMILES string of the molecule is CC(=O)N=C1CCC(Oc2ncc(C)cn2)CC1. The van der Waals surface area contributed by atoms with Crippen LogP contribution in [0.15, 0.2) is 17.4 Å². The Hall–Kier alpha value is -1.78. The van der Waals surface area contributed by atoms with Gasteiger partial charge in [-0.15, -0.1) is 0 Å². The molecular weight excluding hydrogens is 230 g/mol. The molecule has 1 amide bonds. The van der Waals surface area contributed by atoms with Gasteiger partial charge < -0.3 is 4.74 Å².